The Morgan fingerprint density at radius 2 is 2.19 bits per heavy atom. The Morgan fingerprint density at radius 3 is 3.03 bits per heavy atom. The molecule has 1 saturated carbocycles. The first-order chi connectivity index (χ1) is 14.7. The van der Waals surface area contributed by atoms with Crippen LogP contribution in [0.3, 0.4) is 0 Å². The summed E-state index contributed by atoms with van der Waals surface area (Å²) in [5, 5.41) is 13.8. The van der Waals surface area contributed by atoms with Crippen molar-refractivity contribution >= 4 is 23.3 Å². The van der Waals surface area contributed by atoms with Crippen LogP contribution in [0.15, 0.2) is 24.1 Å². The number of benzene rings is 1. The smallest absolute Gasteiger partial charge is 0.152 e. The van der Waals surface area contributed by atoms with Gasteiger partial charge in [-0.3, -0.25) is 5.10 Å². The number of hydrogen-bond donors (Lipinski definition) is 3. The molecule has 0 spiro atoms. The van der Waals surface area contributed by atoms with Crippen LogP contribution in [0, 0.1) is 43.5 Å². The number of nitrogens with zero attached hydrogens (tertiary/aromatic N) is 1. The molecule has 3 aliphatic rings. The number of aromatic nitrogens is 2. The summed E-state index contributed by atoms with van der Waals surface area (Å²) in [4.78, 5) is 0. The van der Waals surface area contributed by atoms with Crippen molar-refractivity contribution in [1.82, 2.24) is 15.5 Å². The predicted octanol–water partition coefficient (Wildman–Crippen LogP) is 4.34. The molecule has 1 saturated heterocycles. The summed E-state index contributed by atoms with van der Waals surface area (Å²) in [5.41, 5.74) is 3.42. The average molecular weight is 668 g/mol. The molecular weight excluding hydrogens is 641 g/mol. The van der Waals surface area contributed by atoms with Gasteiger partial charge in [0.25, 0.3) is 0 Å². The second kappa shape index (κ2) is 10.2. The maximum Gasteiger partial charge on any atom is 0.152 e. The predicted molar refractivity (Wildman–Crippen MR) is 115 cm³/mol. The molecule has 1 aromatic heterocycles. The van der Waals surface area contributed by atoms with Gasteiger partial charge in [0.1, 0.15) is 0 Å². The van der Waals surface area contributed by atoms with Gasteiger partial charge < -0.3 is 26.7 Å². The Kier molecular flexibility index (Phi) is 7.58. The van der Waals surface area contributed by atoms with E-state index >= 15 is 0 Å². The third kappa shape index (κ3) is 5.27. The third-order valence-electron chi connectivity index (χ3n) is 6.10. The molecule has 6 nitrogen and oxygen atoms in total. The molecule has 3 heterocycles. The van der Waals surface area contributed by atoms with Crippen molar-refractivity contribution in [1.29, 1.82) is 0 Å². The van der Waals surface area contributed by atoms with Crippen LogP contribution in [0.5, 0.6) is 0 Å². The monoisotopic (exact) mass is 667 g/mol. The van der Waals surface area contributed by atoms with Crippen LogP contribution in [-0.2, 0) is 21.0 Å². The van der Waals surface area contributed by atoms with E-state index in [2.05, 4.69) is 20.8 Å². The van der Waals surface area contributed by atoms with Crippen molar-refractivity contribution in [2.24, 2.45) is 0 Å². The number of nitrogens with one attached hydrogen (secondary N) is 3. The first-order valence-corrected chi connectivity index (χ1v) is 11.6. The summed E-state index contributed by atoms with van der Waals surface area (Å²) in [5.74, 6) is 2.79. The number of fused-ring (bicyclic) bond motifs is 1. The van der Waals surface area contributed by atoms with Gasteiger partial charge in [-0.25, -0.2) is 4.39 Å². The molecule has 3 atom stereocenters. The maximum absolute atomic E-state index is 14.7. The van der Waals surface area contributed by atoms with Gasteiger partial charge in [0.2, 0.25) is 0 Å². The minimum atomic E-state index is -0.164. The summed E-state index contributed by atoms with van der Waals surface area (Å²) >= 11 is 1.74. The van der Waals surface area contributed by atoms with Crippen LogP contribution in [0.2, 0.25) is 0 Å². The molecule has 164 valence electrons. The topological polar surface area (TPSA) is 71.2 Å². The van der Waals surface area contributed by atoms with Crippen molar-refractivity contribution < 1.29 is 45.0 Å². The fraction of sp³-hybridized carbons (Fsp3) is 0.500. The van der Waals surface area contributed by atoms with Crippen molar-refractivity contribution in [2.45, 2.75) is 55.3 Å². The second-order valence-corrected chi connectivity index (χ2v) is 9.20. The van der Waals surface area contributed by atoms with Gasteiger partial charge >= 0.3 is 0 Å². The number of halogens is 1. The van der Waals surface area contributed by atoms with Gasteiger partial charge in [0.15, 0.2) is 11.6 Å². The van der Waals surface area contributed by atoms with E-state index in [1.165, 1.54) is 0 Å². The summed E-state index contributed by atoms with van der Waals surface area (Å²) in [6, 6.07) is 6.01. The number of anilines is 2. The Morgan fingerprint density at radius 1 is 1.29 bits per heavy atom. The molecule has 0 amide bonds. The zero-order chi connectivity index (χ0) is 20.5. The molecule has 31 heavy (non-hydrogen) atoms. The number of aromatic amines is 1. The van der Waals surface area contributed by atoms with Gasteiger partial charge in [-0.15, -0.1) is 0 Å². The van der Waals surface area contributed by atoms with Crippen LogP contribution in [0.25, 0.3) is 0 Å². The summed E-state index contributed by atoms with van der Waals surface area (Å²) in [6.45, 7) is 7.46. The van der Waals surface area contributed by atoms with Gasteiger partial charge in [-0.2, -0.15) is 16.9 Å². The normalized spacial score (nSPS) is 24.5. The van der Waals surface area contributed by atoms with Crippen LogP contribution in [-0.4, -0.2) is 35.6 Å². The van der Waals surface area contributed by atoms with E-state index in [9.17, 15) is 4.39 Å². The van der Waals surface area contributed by atoms with Crippen LogP contribution >= 0.6 is 11.8 Å². The number of hydrogen-bond acceptors (Lipinski definition) is 6. The number of rotatable bonds is 7. The van der Waals surface area contributed by atoms with Crippen molar-refractivity contribution in [2.75, 3.05) is 18.5 Å². The summed E-state index contributed by atoms with van der Waals surface area (Å²) in [7, 11) is 0. The Bertz CT molecular complexity index is 934. The summed E-state index contributed by atoms with van der Waals surface area (Å²) in [6.07, 6.45) is 3.83. The molecular formula is C22H26FN4O2SU-. The molecule has 3 N–H and O–H groups in total. The van der Waals surface area contributed by atoms with Gasteiger partial charge in [-0.1, -0.05) is 6.07 Å². The minimum Gasteiger partial charge on any atom is -0.512 e. The quantitative estimate of drug-likeness (QED) is 0.302. The molecule has 0 radical (unpaired) electrons. The second-order valence-electron chi connectivity index (χ2n) is 8.21. The Balaban J connectivity index is 0.00000231. The number of ether oxygens (including phenoxy) is 2. The van der Waals surface area contributed by atoms with Crippen molar-refractivity contribution in [3.05, 3.63) is 53.3 Å². The first kappa shape index (κ1) is 23.0. The van der Waals surface area contributed by atoms with E-state index in [0.717, 1.165) is 60.6 Å². The van der Waals surface area contributed by atoms with E-state index in [0.29, 0.717) is 29.9 Å². The molecule has 9 heteroatoms. The van der Waals surface area contributed by atoms with Crippen molar-refractivity contribution in [3.63, 3.8) is 0 Å². The molecule has 2 aromatic rings. The standard InChI is InChI=1S/C22H26FN4O2S.U/c1-13(24-16-6-7-28-10-16)29-17-4-2-14(8-17)20-9-21(27-26-20)25-19-5-3-15-11-30-12-18(15)22(19)23;/h1,3,5,9,14,16-17,24H,2,4,6-8,10-12H2,(H2,25,26,27);/q-1;. The fourth-order valence-corrected chi connectivity index (χ4v) is 5.56. The molecule has 2 aliphatic heterocycles. The van der Waals surface area contributed by atoms with Gasteiger partial charge in [0, 0.05) is 72.5 Å². The largest absolute Gasteiger partial charge is 0.512 e. The SMILES string of the molecule is [CH-]=C(NC1CCOC1)OC1CCC(c2cc(Nc3ccc4c(c3F)CSC4)n[nH]2)C1.[U]. The molecule has 0 bridgehead atoms. The van der Waals surface area contributed by atoms with Crippen LogP contribution in [0.1, 0.15) is 48.4 Å². The molecule has 1 aromatic carbocycles. The maximum atomic E-state index is 14.7. The van der Waals surface area contributed by atoms with E-state index < -0.39 is 0 Å². The Labute approximate surface area is 209 Å². The molecule has 5 rings (SSSR count). The van der Waals surface area contributed by atoms with E-state index in [4.69, 9.17) is 16.1 Å². The zero-order valence-corrected chi connectivity index (χ0v) is 22.2. The van der Waals surface area contributed by atoms with Crippen LogP contribution < -0.4 is 10.6 Å². The van der Waals surface area contributed by atoms with Gasteiger partial charge in [-0.05, 0) is 43.2 Å². The number of H-pyrrole nitrogens is 1. The van der Waals surface area contributed by atoms with E-state index in [1.54, 1.807) is 17.8 Å². The number of thioether (sulfide) groups is 1. The minimum absolute atomic E-state index is 0. The first-order valence-electron chi connectivity index (χ1n) is 10.5. The van der Waals surface area contributed by atoms with E-state index in [-0.39, 0.29) is 49.1 Å². The average Bonchev–Trinajstić information content (AvgIpc) is 3.51. The van der Waals surface area contributed by atoms with E-state index in [1.807, 2.05) is 12.1 Å². The fourth-order valence-electron chi connectivity index (χ4n) is 4.45. The van der Waals surface area contributed by atoms with Crippen LogP contribution in [0.4, 0.5) is 15.9 Å². The molecule has 2 fully saturated rings. The van der Waals surface area contributed by atoms with Gasteiger partial charge in [0.05, 0.1) is 24.4 Å². The third-order valence-corrected chi connectivity index (χ3v) is 7.11. The van der Waals surface area contributed by atoms with Crippen molar-refractivity contribution in [3.8, 4) is 0 Å². The molecule has 3 unspecified atom stereocenters. The Hall–Kier alpha value is -1.14. The summed E-state index contributed by atoms with van der Waals surface area (Å²) < 4.78 is 26.0. The molecule has 1 aliphatic carbocycles. The zero-order valence-electron chi connectivity index (χ0n) is 17.2.